The van der Waals surface area contributed by atoms with Gasteiger partial charge in [-0.1, -0.05) is 44.2 Å². The zero-order valence-corrected chi connectivity index (χ0v) is 20.2. The van der Waals surface area contributed by atoms with Crippen molar-refractivity contribution in [3.63, 3.8) is 0 Å². The van der Waals surface area contributed by atoms with Crippen molar-refractivity contribution in [1.29, 1.82) is 0 Å². The number of nitrogens with one attached hydrogen (secondary N) is 1. The van der Waals surface area contributed by atoms with E-state index in [0.717, 1.165) is 30.8 Å². The second-order valence-electron chi connectivity index (χ2n) is 9.61. The maximum absolute atomic E-state index is 13.6. The molecule has 0 fully saturated rings. The first-order valence-corrected chi connectivity index (χ1v) is 12.2. The first-order valence-electron chi connectivity index (χ1n) is 12.2. The van der Waals surface area contributed by atoms with Crippen LogP contribution in [0.3, 0.4) is 0 Å². The van der Waals surface area contributed by atoms with Crippen LogP contribution in [0.2, 0.25) is 0 Å². The predicted molar refractivity (Wildman–Crippen MR) is 127 cm³/mol. The van der Waals surface area contributed by atoms with E-state index in [9.17, 15) is 18.0 Å². The smallest absolute Gasteiger partial charge is 0.344 e. The second kappa shape index (κ2) is 10.7. The van der Waals surface area contributed by atoms with Gasteiger partial charge in [0.05, 0.1) is 6.04 Å². The molecule has 0 radical (unpaired) electrons. The van der Waals surface area contributed by atoms with Gasteiger partial charge in [-0.2, -0.15) is 18.3 Å². The molecule has 0 aliphatic heterocycles. The fourth-order valence-electron chi connectivity index (χ4n) is 4.68. The van der Waals surface area contributed by atoms with Crippen LogP contribution in [0, 0.1) is 5.92 Å². The summed E-state index contributed by atoms with van der Waals surface area (Å²) < 4.78 is 43.9. The third kappa shape index (κ3) is 6.13. The molecule has 0 bridgehead atoms. The summed E-state index contributed by atoms with van der Waals surface area (Å²) in [5.74, 6) is 0.872. The maximum Gasteiger partial charge on any atom is 0.435 e. The van der Waals surface area contributed by atoms with Crippen molar-refractivity contribution < 1.29 is 18.0 Å². The number of halogens is 3. The van der Waals surface area contributed by atoms with E-state index in [1.54, 1.807) is 6.20 Å². The lowest BCUT2D eigenvalue weighted by Gasteiger charge is -2.21. The van der Waals surface area contributed by atoms with E-state index in [1.165, 1.54) is 4.68 Å². The summed E-state index contributed by atoms with van der Waals surface area (Å²) in [5.41, 5.74) is 0.940. The van der Waals surface area contributed by atoms with Crippen LogP contribution in [-0.2, 0) is 43.3 Å². The van der Waals surface area contributed by atoms with Crippen LogP contribution in [0.15, 0.2) is 42.7 Å². The van der Waals surface area contributed by atoms with Crippen molar-refractivity contribution in [2.24, 2.45) is 5.92 Å². The molecule has 2 heterocycles. The van der Waals surface area contributed by atoms with Crippen LogP contribution in [0.1, 0.15) is 67.5 Å². The van der Waals surface area contributed by atoms with Crippen LogP contribution in [0.5, 0.6) is 0 Å². The summed E-state index contributed by atoms with van der Waals surface area (Å²) in [7, 11) is 0. The summed E-state index contributed by atoms with van der Waals surface area (Å²) in [6, 6.07) is 9.36. The molecule has 6 nitrogen and oxygen atoms in total. The Kier molecular flexibility index (Phi) is 7.62. The number of alkyl halides is 3. The molecule has 0 spiro atoms. The first-order chi connectivity index (χ1) is 16.7. The largest absolute Gasteiger partial charge is 0.435 e. The van der Waals surface area contributed by atoms with Gasteiger partial charge in [0.2, 0.25) is 5.91 Å². The van der Waals surface area contributed by atoms with E-state index in [2.05, 4.69) is 29.2 Å². The molecule has 3 aromatic rings. The Morgan fingerprint density at radius 3 is 2.60 bits per heavy atom. The zero-order chi connectivity index (χ0) is 25.0. The summed E-state index contributed by atoms with van der Waals surface area (Å²) in [5, 5.41) is 6.87. The third-order valence-corrected chi connectivity index (χ3v) is 6.44. The van der Waals surface area contributed by atoms with Crippen LogP contribution >= 0.6 is 0 Å². The number of nitrogens with zero attached hydrogens (tertiary/aromatic N) is 4. The van der Waals surface area contributed by atoms with Gasteiger partial charge in [0.15, 0.2) is 5.69 Å². The van der Waals surface area contributed by atoms with E-state index in [-0.39, 0.29) is 18.0 Å². The average molecular weight is 488 g/mol. The number of fused-ring (bicyclic) bond motifs is 1. The summed E-state index contributed by atoms with van der Waals surface area (Å²) in [6.45, 7) is 4.83. The van der Waals surface area contributed by atoms with Gasteiger partial charge in [0.25, 0.3) is 0 Å². The van der Waals surface area contributed by atoms with E-state index in [4.69, 9.17) is 0 Å². The molecule has 188 valence electrons. The molecular weight excluding hydrogens is 455 g/mol. The van der Waals surface area contributed by atoms with E-state index < -0.39 is 17.9 Å². The third-order valence-electron chi connectivity index (χ3n) is 6.44. The lowest BCUT2D eigenvalue weighted by Crippen LogP contribution is -2.35. The van der Waals surface area contributed by atoms with Gasteiger partial charge < -0.3 is 9.88 Å². The molecule has 1 aromatic carbocycles. The van der Waals surface area contributed by atoms with Crippen LogP contribution in [0.4, 0.5) is 13.2 Å². The Bertz CT molecular complexity index is 1130. The topological polar surface area (TPSA) is 64.7 Å². The molecule has 1 N–H and O–H groups in total. The second-order valence-corrected chi connectivity index (χ2v) is 9.61. The van der Waals surface area contributed by atoms with E-state index >= 15 is 0 Å². The number of carbonyl (C=O) groups excluding carboxylic acids is 1. The minimum atomic E-state index is -4.53. The Morgan fingerprint density at radius 2 is 1.89 bits per heavy atom. The fraction of sp³-hybridized carbons (Fsp3) is 0.500. The van der Waals surface area contributed by atoms with Crippen LogP contribution in [-0.4, -0.2) is 25.2 Å². The van der Waals surface area contributed by atoms with Crippen LogP contribution in [0.25, 0.3) is 0 Å². The Hall–Kier alpha value is -3.10. The number of rotatable bonds is 9. The molecule has 2 aromatic heterocycles. The van der Waals surface area contributed by atoms with Crippen molar-refractivity contribution in [1.82, 2.24) is 24.6 Å². The van der Waals surface area contributed by atoms with E-state index in [0.29, 0.717) is 37.3 Å². The van der Waals surface area contributed by atoms with Crippen molar-refractivity contribution in [2.75, 3.05) is 0 Å². The lowest BCUT2D eigenvalue weighted by molar-refractivity contribution is -0.142. The quantitative estimate of drug-likeness (QED) is 0.456. The van der Waals surface area contributed by atoms with Crippen molar-refractivity contribution in [2.45, 2.75) is 77.7 Å². The number of amides is 1. The summed E-state index contributed by atoms with van der Waals surface area (Å²) in [4.78, 5) is 17.7. The van der Waals surface area contributed by atoms with E-state index in [1.807, 2.05) is 41.1 Å². The zero-order valence-electron chi connectivity index (χ0n) is 20.2. The van der Waals surface area contributed by atoms with Gasteiger partial charge in [-0.3, -0.25) is 9.48 Å². The molecule has 35 heavy (non-hydrogen) atoms. The van der Waals surface area contributed by atoms with Gasteiger partial charge in [-0.25, -0.2) is 4.98 Å². The van der Waals surface area contributed by atoms with Crippen molar-refractivity contribution in [3.05, 3.63) is 71.1 Å². The molecule has 1 atom stereocenters. The first kappa shape index (κ1) is 25.0. The summed E-state index contributed by atoms with van der Waals surface area (Å²) in [6.07, 6.45) is 2.92. The molecule has 0 unspecified atom stereocenters. The Morgan fingerprint density at radius 1 is 1.14 bits per heavy atom. The number of imidazole rings is 1. The van der Waals surface area contributed by atoms with Gasteiger partial charge in [-0.15, -0.1) is 0 Å². The molecule has 0 saturated heterocycles. The number of hydrogen-bond donors (Lipinski definition) is 1. The minimum absolute atomic E-state index is 0.238. The minimum Gasteiger partial charge on any atom is -0.344 e. The molecule has 1 aliphatic carbocycles. The van der Waals surface area contributed by atoms with Gasteiger partial charge in [0.1, 0.15) is 12.4 Å². The highest BCUT2D eigenvalue weighted by atomic mass is 19.4. The SMILES string of the molecule is CC(C)CCn1ccnc1[C@H](Cc1ccccc1)NC(=O)Cn1nc(C(F)(F)F)c2c1CCCC2. The van der Waals surface area contributed by atoms with Gasteiger partial charge >= 0.3 is 6.18 Å². The Labute approximate surface area is 203 Å². The molecule has 1 amide bonds. The normalized spacial score (nSPS) is 14.7. The van der Waals surface area contributed by atoms with Crippen LogP contribution < -0.4 is 5.32 Å². The molecule has 1 aliphatic rings. The maximum atomic E-state index is 13.6. The fourth-order valence-corrected chi connectivity index (χ4v) is 4.68. The number of benzene rings is 1. The molecule has 9 heteroatoms. The standard InChI is InChI=1S/C26H32F3N5O/c1-18(2)12-14-33-15-13-30-25(33)21(16-19-8-4-3-5-9-19)31-23(35)17-34-22-11-7-6-10-20(22)24(32-34)26(27,28)29/h3-5,8-9,13,15,18,21H,6-7,10-12,14,16-17H2,1-2H3,(H,31,35)/t21-/m0/s1. The highest BCUT2D eigenvalue weighted by Crippen LogP contribution is 2.35. The number of aryl methyl sites for hydroxylation is 1. The summed E-state index contributed by atoms with van der Waals surface area (Å²) >= 11 is 0. The number of hydrogen-bond acceptors (Lipinski definition) is 3. The lowest BCUT2D eigenvalue weighted by atomic mass is 9.95. The predicted octanol–water partition coefficient (Wildman–Crippen LogP) is 5.12. The Balaban J connectivity index is 1.57. The van der Waals surface area contributed by atoms with Crippen molar-refractivity contribution >= 4 is 5.91 Å². The highest BCUT2D eigenvalue weighted by Gasteiger charge is 2.39. The number of carbonyl (C=O) groups is 1. The van der Waals surface area contributed by atoms with Crippen molar-refractivity contribution in [3.8, 4) is 0 Å². The molecule has 4 rings (SSSR count). The highest BCUT2D eigenvalue weighted by molar-refractivity contribution is 5.76. The number of aromatic nitrogens is 4. The van der Waals surface area contributed by atoms with Gasteiger partial charge in [-0.05, 0) is 50.0 Å². The molecular formula is C26H32F3N5O. The monoisotopic (exact) mass is 487 g/mol. The average Bonchev–Trinajstić information content (AvgIpc) is 3.43. The van der Waals surface area contributed by atoms with Gasteiger partial charge in [0, 0.05) is 30.2 Å². The molecule has 0 saturated carbocycles.